The van der Waals surface area contributed by atoms with Gasteiger partial charge in [-0.25, -0.2) is 0 Å². The van der Waals surface area contributed by atoms with E-state index in [1.165, 1.54) is 0 Å². The number of nitrogens with one attached hydrogen (secondary N) is 1. The number of anilines is 2. The van der Waals surface area contributed by atoms with Crippen LogP contribution in [0.25, 0.3) is 0 Å². The summed E-state index contributed by atoms with van der Waals surface area (Å²) < 4.78 is 0. The molecular weight excluding hydrogens is 263 g/mol. The van der Waals surface area contributed by atoms with Crippen molar-refractivity contribution in [3.05, 3.63) is 22.2 Å². The predicted molar refractivity (Wildman–Crippen MR) is 77.0 cm³/mol. The molecule has 0 aliphatic carbocycles. The van der Waals surface area contributed by atoms with E-state index < -0.39 is 0 Å². The van der Waals surface area contributed by atoms with Crippen molar-refractivity contribution >= 4 is 46.3 Å². The Hall–Kier alpha value is -0.250. The summed E-state index contributed by atoms with van der Waals surface area (Å²) in [6.07, 6.45) is 0. The first-order valence-electron chi connectivity index (χ1n) is 5.13. The van der Waals surface area contributed by atoms with Crippen molar-refractivity contribution in [3.63, 3.8) is 0 Å². The smallest absolute Gasteiger partial charge is 0.0614 e. The van der Waals surface area contributed by atoms with Crippen molar-refractivity contribution in [2.75, 3.05) is 22.6 Å². The van der Waals surface area contributed by atoms with Gasteiger partial charge in [0.25, 0.3) is 0 Å². The van der Waals surface area contributed by atoms with Gasteiger partial charge in [-0.05, 0) is 24.8 Å². The molecule has 1 aromatic carbocycles. The molecule has 0 saturated heterocycles. The second-order valence-electron chi connectivity index (χ2n) is 3.56. The van der Waals surface area contributed by atoms with E-state index in [4.69, 9.17) is 28.9 Å². The quantitative estimate of drug-likeness (QED) is 0.796. The number of hydrogen-bond acceptors (Lipinski definition) is 3. The molecule has 90 valence electrons. The minimum absolute atomic E-state index is 0.351. The Morgan fingerprint density at radius 2 is 2.00 bits per heavy atom. The fourth-order valence-electron chi connectivity index (χ4n) is 1.29. The Bertz CT molecular complexity index is 358. The highest BCUT2D eigenvalue weighted by molar-refractivity contribution is 7.99. The van der Waals surface area contributed by atoms with E-state index >= 15 is 0 Å². The van der Waals surface area contributed by atoms with Crippen LogP contribution in [-0.4, -0.2) is 17.5 Å². The number of hydrogen-bond donors (Lipinski definition) is 2. The summed E-state index contributed by atoms with van der Waals surface area (Å²) in [5.41, 5.74) is 7.33. The molecule has 0 fully saturated rings. The lowest BCUT2D eigenvalue weighted by molar-refractivity contribution is 0.914. The molecule has 0 aliphatic heterocycles. The Morgan fingerprint density at radius 1 is 1.38 bits per heavy atom. The summed E-state index contributed by atoms with van der Waals surface area (Å²) in [4.78, 5) is 0. The normalized spacial score (nSPS) is 12.5. The van der Waals surface area contributed by atoms with Crippen LogP contribution < -0.4 is 11.1 Å². The Kier molecular flexibility index (Phi) is 5.59. The number of thioether (sulfide) groups is 1. The summed E-state index contributed by atoms with van der Waals surface area (Å²) in [6.45, 7) is 4.26. The van der Waals surface area contributed by atoms with Gasteiger partial charge in [-0.15, -0.1) is 0 Å². The van der Waals surface area contributed by atoms with Crippen molar-refractivity contribution in [1.29, 1.82) is 0 Å². The number of nitrogen functional groups attached to an aromatic ring is 1. The van der Waals surface area contributed by atoms with Crippen LogP contribution in [0.2, 0.25) is 10.0 Å². The molecule has 0 spiro atoms. The van der Waals surface area contributed by atoms with Crippen LogP contribution in [0.5, 0.6) is 0 Å². The Labute approximate surface area is 111 Å². The molecule has 0 aliphatic rings. The molecule has 1 atom stereocenters. The maximum absolute atomic E-state index is 5.94. The Morgan fingerprint density at radius 3 is 2.62 bits per heavy atom. The molecule has 0 amide bonds. The summed E-state index contributed by atoms with van der Waals surface area (Å²) in [7, 11) is 0. The van der Waals surface area contributed by atoms with Crippen LogP contribution >= 0.6 is 35.0 Å². The lowest BCUT2D eigenvalue weighted by atomic mass is 10.2. The molecule has 1 unspecified atom stereocenters. The minimum atomic E-state index is 0.351. The van der Waals surface area contributed by atoms with Crippen molar-refractivity contribution < 1.29 is 0 Å². The van der Waals surface area contributed by atoms with Gasteiger partial charge in [-0.2, -0.15) is 11.8 Å². The van der Waals surface area contributed by atoms with Gasteiger partial charge in [0.15, 0.2) is 0 Å². The second-order valence-corrected chi connectivity index (χ2v) is 5.69. The average molecular weight is 279 g/mol. The highest BCUT2D eigenvalue weighted by Crippen LogP contribution is 2.31. The summed E-state index contributed by atoms with van der Waals surface area (Å²) in [6, 6.07) is 3.79. The average Bonchev–Trinajstić information content (AvgIpc) is 2.23. The highest BCUT2D eigenvalue weighted by Gasteiger charge is 2.07. The summed E-state index contributed by atoms with van der Waals surface area (Å²) in [5, 5.41) is 4.33. The Balaban J connectivity index is 2.69. The number of nitrogens with two attached hydrogens (primary N) is 1. The maximum atomic E-state index is 5.94. The molecule has 16 heavy (non-hydrogen) atoms. The molecule has 2 nitrogen and oxygen atoms in total. The van der Waals surface area contributed by atoms with Gasteiger partial charge in [0.2, 0.25) is 0 Å². The van der Waals surface area contributed by atoms with Gasteiger partial charge in [0, 0.05) is 11.8 Å². The van der Waals surface area contributed by atoms with E-state index in [1.807, 2.05) is 11.8 Å². The van der Waals surface area contributed by atoms with E-state index in [2.05, 4.69) is 19.2 Å². The minimum Gasteiger partial charge on any atom is -0.397 e. The molecule has 0 heterocycles. The topological polar surface area (TPSA) is 38.0 Å². The molecule has 0 radical (unpaired) electrons. The molecule has 0 saturated carbocycles. The molecule has 0 aromatic heterocycles. The molecule has 5 heteroatoms. The van der Waals surface area contributed by atoms with Crippen molar-refractivity contribution in [2.24, 2.45) is 0 Å². The van der Waals surface area contributed by atoms with Gasteiger partial charge in [-0.3, -0.25) is 0 Å². The third-order valence-corrected chi connectivity index (χ3v) is 3.93. The van der Waals surface area contributed by atoms with Crippen molar-refractivity contribution in [2.45, 2.75) is 19.9 Å². The van der Waals surface area contributed by atoms with Crippen molar-refractivity contribution in [1.82, 2.24) is 0 Å². The monoisotopic (exact) mass is 278 g/mol. The van der Waals surface area contributed by atoms with Crippen LogP contribution in [0.3, 0.4) is 0 Å². The van der Waals surface area contributed by atoms with E-state index in [-0.39, 0.29) is 0 Å². The summed E-state index contributed by atoms with van der Waals surface area (Å²) >= 11 is 13.7. The molecule has 3 N–H and O–H groups in total. The molecule has 1 aromatic rings. The standard InChI is InChI=1S/C11H16Cl2N2S/c1-3-16-6-7(2)15-11-5-9(13)8(12)4-10(11)14/h4-5,7,15H,3,6,14H2,1-2H3. The van der Waals surface area contributed by atoms with Crippen LogP contribution in [0, 0.1) is 0 Å². The van der Waals surface area contributed by atoms with E-state index in [0.29, 0.717) is 21.8 Å². The van der Waals surface area contributed by atoms with Crippen molar-refractivity contribution in [3.8, 4) is 0 Å². The molecular formula is C11H16Cl2N2S. The number of rotatable bonds is 5. The highest BCUT2D eigenvalue weighted by atomic mass is 35.5. The summed E-state index contributed by atoms with van der Waals surface area (Å²) in [5.74, 6) is 2.15. The van der Waals surface area contributed by atoms with Gasteiger partial charge >= 0.3 is 0 Å². The zero-order valence-electron chi connectivity index (χ0n) is 9.39. The maximum Gasteiger partial charge on any atom is 0.0614 e. The zero-order chi connectivity index (χ0) is 12.1. The van der Waals surface area contributed by atoms with E-state index in [0.717, 1.165) is 17.2 Å². The second kappa shape index (κ2) is 6.48. The molecule has 1 rings (SSSR count). The van der Waals surface area contributed by atoms with E-state index in [9.17, 15) is 0 Å². The number of halogens is 2. The molecule has 0 bridgehead atoms. The fourth-order valence-corrected chi connectivity index (χ4v) is 2.30. The van der Waals surface area contributed by atoms with Gasteiger partial charge in [-0.1, -0.05) is 30.1 Å². The van der Waals surface area contributed by atoms with Crippen LogP contribution in [-0.2, 0) is 0 Å². The van der Waals surface area contributed by atoms with Gasteiger partial charge in [0.1, 0.15) is 0 Å². The van der Waals surface area contributed by atoms with Crippen LogP contribution in [0.1, 0.15) is 13.8 Å². The van der Waals surface area contributed by atoms with Gasteiger partial charge < -0.3 is 11.1 Å². The number of benzene rings is 1. The predicted octanol–water partition coefficient (Wildman–Crippen LogP) is 4.13. The fraction of sp³-hybridized carbons (Fsp3) is 0.455. The lowest BCUT2D eigenvalue weighted by Crippen LogP contribution is -2.18. The zero-order valence-corrected chi connectivity index (χ0v) is 11.7. The first-order chi connectivity index (χ1) is 7.54. The van der Waals surface area contributed by atoms with Crippen LogP contribution in [0.4, 0.5) is 11.4 Å². The third-order valence-electron chi connectivity index (χ3n) is 2.07. The van der Waals surface area contributed by atoms with Gasteiger partial charge in [0.05, 0.1) is 21.4 Å². The first kappa shape index (κ1) is 13.8. The lowest BCUT2D eigenvalue weighted by Gasteiger charge is -2.16. The van der Waals surface area contributed by atoms with Crippen LogP contribution in [0.15, 0.2) is 12.1 Å². The first-order valence-corrected chi connectivity index (χ1v) is 7.04. The van der Waals surface area contributed by atoms with E-state index in [1.54, 1.807) is 12.1 Å². The largest absolute Gasteiger partial charge is 0.397 e. The SMILES string of the molecule is CCSCC(C)Nc1cc(Cl)c(Cl)cc1N. The third kappa shape index (κ3) is 3.96.